The third kappa shape index (κ3) is 2.11. The molecule has 0 unspecified atom stereocenters. The van der Waals surface area contributed by atoms with Gasteiger partial charge in [-0.2, -0.15) is 4.98 Å². The topological polar surface area (TPSA) is 50.7 Å². The number of hydrogen-bond acceptors (Lipinski definition) is 4. The molecule has 0 radical (unpaired) electrons. The Balaban J connectivity index is 2.70. The molecule has 78 valence electrons. The number of pyridine rings is 1. The van der Waals surface area contributed by atoms with E-state index in [1.165, 1.54) is 0 Å². The molecule has 0 atom stereocenters. The van der Waals surface area contributed by atoms with Gasteiger partial charge in [-0.25, -0.2) is 9.97 Å². The molecule has 0 amide bonds. The van der Waals surface area contributed by atoms with Crippen molar-refractivity contribution >= 4 is 40.1 Å². The highest BCUT2D eigenvalue weighted by atomic mass is 35.5. The standard InChI is InChI=1S/C9H8Cl2N4/c1-2-12-8-7-5(13-9(11)15-8)3-4-6(10)14-7/h3-4H,2H2,1H3,(H,12,13,15). The van der Waals surface area contributed by atoms with Crippen molar-refractivity contribution in [1.82, 2.24) is 15.0 Å². The van der Waals surface area contributed by atoms with Gasteiger partial charge in [-0.05, 0) is 30.7 Å². The number of fused-ring (bicyclic) bond motifs is 1. The molecule has 2 aromatic rings. The highest BCUT2D eigenvalue weighted by Crippen LogP contribution is 2.21. The lowest BCUT2D eigenvalue weighted by atomic mass is 10.3. The largest absolute Gasteiger partial charge is 0.368 e. The van der Waals surface area contributed by atoms with E-state index in [9.17, 15) is 0 Å². The van der Waals surface area contributed by atoms with E-state index in [1.807, 2.05) is 6.92 Å². The maximum Gasteiger partial charge on any atom is 0.225 e. The van der Waals surface area contributed by atoms with Gasteiger partial charge in [-0.15, -0.1) is 0 Å². The summed E-state index contributed by atoms with van der Waals surface area (Å²) in [5, 5.41) is 3.67. The maximum absolute atomic E-state index is 5.80. The van der Waals surface area contributed by atoms with Crippen LogP contribution in [-0.2, 0) is 0 Å². The normalized spacial score (nSPS) is 10.6. The SMILES string of the molecule is CCNc1nc(Cl)nc2ccc(Cl)nc12. The molecule has 0 aromatic carbocycles. The lowest BCUT2D eigenvalue weighted by molar-refractivity contribution is 1.13. The van der Waals surface area contributed by atoms with E-state index < -0.39 is 0 Å². The molecule has 0 aliphatic heterocycles. The van der Waals surface area contributed by atoms with E-state index in [0.29, 0.717) is 22.0 Å². The first kappa shape index (κ1) is 10.4. The Morgan fingerprint density at radius 1 is 1.20 bits per heavy atom. The number of halogens is 2. The van der Waals surface area contributed by atoms with Gasteiger partial charge in [0.25, 0.3) is 0 Å². The van der Waals surface area contributed by atoms with Gasteiger partial charge in [0.1, 0.15) is 10.7 Å². The Labute approximate surface area is 96.7 Å². The monoisotopic (exact) mass is 242 g/mol. The number of rotatable bonds is 2. The van der Waals surface area contributed by atoms with Crippen LogP contribution in [0.1, 0.15) is 6.92 Å². The molecule has 1 N–H and O–H groups in total. The second-order valence-electron chi connectivity index (χ2n) is 2.87. The van der Waals surface area contributed by atoms with Gasteiger partial charge < -0.3 is 5.32 Å². The Kier molecular flexibility index (Phi) is 2.88. The molecule has 0 bridgehead atoms. The predicted molar refractivity (Wildman–Crippen MR) is 61.5 cm³/mol. The summed E-state index contributed by atoms with van der Waals surface area (Å²) in [5.41, 5.74) is 1.31. The lowest BCUT2D eigenvalue weighted by Gasteiger charge is -2.05. The zero-order valence-corrected chi connectivity index (χ0v) is 9.47. The van der Waals surface area contributed by atoms with Crippen LogP contribution in [0.25, 0.3) is 11.0 Å². The smallest absolute Gasteiger partial charge is 0.225 e. The van der Waals surface area contributed by atoms with Crippen molar-refractivity contribution in [3.8, 4) is 0 Å². The predicted octanol–water partition coefficient (Wildman–Crippen LogP) is 2.76. The van der Waals surface area contributed by atoms with Crippen LogP contribution in [0, 0.1) is 0 Å². The van der Waals surface area contributed by atoms with Crippen LogP contribution in [0.4, 0.5) is 5.82 Å². The second kappa shape index (κ2) is 4.16. The number of aromatic nitrogens is 3. The van der Waals surface area contributed by atoms with Crippen molar-refractivity contribution < 1.29 is 0 Å². The summed E-state index contributed by atoms with van der Waals surface area (Å²) >= 11 is 11.6. The van der Waals surface area contributed by atoms with E-state index in [2.05, 4.69) is 20.3 Å². The van der Waals surface area contributed by atoms with Crippen molar-refractivity contribution in [2.45, 2.75) is 6.92 Å². The van der Waals surface area contributed by atoms with Crippen LogP contribution in [-0.4, -0.2) is 21.5 Å². The molecule has 0 saturated carbocycles. The summed E-state index contributed by atoms with van der Waals surface area (Å²) in [6, 6.07) is 3.43. The Morgan fingerprint density at radius 2 is 2.00 bits per heavy atom. The number of nitrogens with one attached hydrogen (secondary N) is 1. The van der Waals surface area contributed by atoms with Gasteiger partial charge in [-0.3, -0.25) is 0 Å². The summed E-state index contributed by atoms with van der Waals surface area (Å²) in [6.45, 7) is 2.70. The molecule has 4 nitrogen and oxygen atoms in total. The molecule has 2 rings (SSSR count). The van der Waals surface area contributed by atoms with E-state index in [1.54, 1.807) is 12.1 Å². The summed E-state index contributed by atoms with van der Waals surface area (Å²) in [5.74, 6) is 0.606. The quantitative estimate of drug-likeness (QED) is 0.650. The lowest BCUT2D eigenvalue weighted by Crippen LogP contribution is -2.02. The van der Waals surface area contributed by atoms with Gasteiger partial charge in [0.05, 0.1) is 5.52 Å². The second-order valence-corrected chi connectivity index (χ2v) is 3.60. The van der Waals surface area contributed by atoms with Crippen LogP contribution in [0.15, 0.2) is 12.1 Å². The first-order chi connectivity index (χ1) is 7.20. The fourth-order valence-corrected chi connectivity index (χ4v) is 1.58. The maximum atomic E-state index is 5.80. The first-order valence-corrected chi connectivity index (χ1v) is 5.20. The molecule has 0 fully saturated rings. The molecule has 2 heterocycles. The highest BCUT2D eigenvalue weighted by molar-refractivity contribution is 6.30. The van der Waals surface area contributed by atoms with Crippen molar-refractivity contribution in [2.75, 3.05) is 11.9 Å². The van der Waals surface area contributed by atoms with E-state index in [0.717, 1.165) is 6.54 Å². The molecule has 0 spiro atoms. The molecule has 2 aromatic heterocycles. The molecule has 0 aliphatic rings. The minimum absolute atomic E-state index is 0.197. The molecule has 6 heteroatoms. The van der Waals surface area contributed by atoms with Crippen LogP contribution in [0.3, 0.4) is 0 Å². The molecule has 0 aliphatic carbocycles. The van der Waals surface area contributed by atoms with Gasteiger partial charge in [0.15, 0.2) is 5.82 Å². The first-order valence-electron chi connectivity index (χ1n) is 4.44. The summed E-state index contributed by atoms with van der Waals surface area (Å²) in [4.78, 5) is 12.3. The average Bonchev–Trinajstić information content (AvgIpc) is 2.19. The summed E-state index contributed by atoms with van der Waals surface area (Å²) in [6.07, 6.45) is 0. The Hall–Kier alpha value is -1.13. The van der Waals surface area contributed by atoms with Crippen molar-refractivity contribution in [3.05, 3.63) is 22.6 Å². The average molecular weight is 243 g/mol. The van der Waals surface area contributed by atoms with Crippen molar-refractivity contribution in [1.29, 1.82) is 0 Å². The third-order valence-electron chi connectivity index (χ3n) is 1.83. The van der Waals surface area contributed by atoms with E-state index >= 15 is 0 Å². The number of hydrogen-bond donors (Lipinski definition) is 1. The van der Waals surface area contributed by atoms with E-state index in [-0.39, 0.29) is 5.28 Å². The van der Waals surface area contributed by atoms with Gasteiger partial charge in [0.2, 0.25) is 5.28 Å². The van der Waals surface area contributed by atoms with Gasteiger partial charge >= 0.3 is 0 Å². The van der Waals surface area contributed by atoms with Crippen molar-refractivity contribution in [3.63, 3.8) is 0 Å². The zero-order chi connectivity index (χ0) is 10.8. The third-order valence-corrected chi connectivity index (χ3v) is 2.20. The molecule has 15 heavy (non-hydrogen) atoms. The number of anilines is 1. The minimum Gasteiger partial charge on any atom is -0.368 e. The van der Waals surface area contributed by atoms with Gasteiger partial charge in [0, 0.05) is 6.54 Å². The zero-order valence-electron chi connectivity index (χ0n) is 7.96. The molecular weight excluding hydrogens is 235 g/mol. The molecule has 0 saturated heterocycles. The van der Waals surface area contributed by atoms with Crippen LogP contribution < -0.4 is 5.32 Å². The van der Waals surface area contributed by atoms with Crippen LogP contribution >= 0.6 is 23.2 Å². The summed E-state index contributed by atoms with van der Waals surface area (Å²) in [7, 11) is 0. The van der Waals surface area contributed by atoms with Crippen molar-refractivity contribution in [2.24, 2.45) is 0 Å². The minimum atomic E-state index is 0.197. The van der Waals surface area contributed by atoms with Crippen LogP contribution in [0.2, 0.25) is 10.4 Å². The van der Waals surface area contributed by atoms with Gasteiger partial charge in [-0.1, -0.05) is 11.6 Å². The fourth-order valence-electron chi connectivity index (χ4n) is 1.25. The fraction of sp³-hybridized carbons (Fsp3) is 0.222. The Bertz CT molecular complexity index is 501. The number of nitrogens with zero attached hydrogens (tertiary/aromatic N) is 3. The summed E-state index contributed by atoms with van der Waals surface area (Å²) < 4.78 is 0. The molecular formula is C9H8Cl2N4. The van der Waals surface area contributed by atoms with Crippen LogP contribution in [0.5, 0.6) is 0 Å². The highest BCUT2D eigenvalue weighted by Gasteiger charge is 2.07. The Morgan fingerprint density at radius 3 is 2.73 bits per heavy atom. The van der Waals surface area contributed by atoms with E-state index in [4.69, 9.17) is 23.2 Å².